The molecule has 4 N–H and O–H groups in total. The van der Waals surface area contributed by atoms with E-state index in [-0.39, 0.29) is 46.3 Å². The lowest BCUT2D eigenvalue weighted by molar-refractivity contribution is -0.154. The second-order valence-electron chi connectivity index (χ2n) is 7.64. The molecule has 1 saturated heterocycles. The van der Waals surface area contributed by atoms with Crippen molar-refractivity contribution in [2.24, 2.45) is 10.9 Å². The van der Waals surface area contributed by atoms with Gasteiger partial charge >= 0.3 is 6.61 Å². The van der Waals surface area contributed by atoms with E-state index in [0.717, 1.165) is 29.2 Å². The predicted molar refractivity (Wildman–Crippen MR) is 119 cm³/mol. The summed E-state index contributed by atoms with van der Waals surface area (Å²) >= 11 is 5.85. The van der Waals surface area contributed by atoms with E-state index in [9.17, 15) is 32.3 Å². The number of hydrogen-bond acceptors (Lipinski definition) is 6. The Labute approximate surface area is 207 Å². The molecule has 1 aliphatic rings. The van der Waals surface area contributed by atoms with Crippen LogP contribution in [0.25, 0.3) is 0 Å². The molecule has 2 aromatic carbocycles. The smallest absolute Gasteiger partial charge is 0.387 e. The molecule has 0 saturated carbocycles. The molecule has 14 heteroatoms. The summed E-state index contributed by atoms with van der Waals surface area (Å²) in [5.41, 5.74) is 4.89. The van der Waals surface area contributed by atoms with Crippen LogP contribution in [0.2, 0.25) is 5.02 Å². The van der Waals surface area contributed by atoms with Crippen molar-refractivity contribution in [2.45, 2.75) is 31.7 Å². The maximum absolute atomic E-state index is 14.4. The Balaban J connectivity index is 1.65. The van der Waals surface area contributed by atoms with Crippen molar-refractivity contribution >= 4 is 29.3 Å². The number of carbonyl (C=O) groups excluding carboxylic acids is 2. The molecular formula is C22H21ClF4N4O5. The van der Waals surface area contributed by atoms with Crippen molar-refractivity contribution in [3.63, 3.8) is 0 Å². The molecule has 0 bridgehead atoms. The van der Waals surface area contributed by atoms with Crippen LogP contribution in [0.4, 0.5) is 17.6 Å². The number of oxime groups is 1. The highest BCUT2D eigenvalue weighted by Gasteiger charge is 2.40. The van der Waals surface area contributed by atoms with Crippen LogP contribution in [0, 0.1) is 11.6 Å². The number of benzene rings is 2. The summed E-state index contributed by atoms with van der Waals surface area (Å²) in [7, 11) is 1.19. The number of carbonyl (C=O) groups is 2. The fraction of sp³-hybridized carbons (Fsp3) is 0.318. The highest BCUT2D eigenvalue weighted by atomic mass is 35.5. The van der Waals surface area contributed by atoms with Crippen molar-refractivity contribution in [3.05, 3.63) is 63.7 Å². The van der Waals surface area contributed by atoms with Crippen LogP contribution in [0.3, 0.4) is 0 Å². The fourth-order valence-electron chi connectivity index (χ4n) is 3.50. The Hall–Kier alpha value is -3.58. The van der Waals surface area contributed by atoms with Gasteiger partial charge in [-0.1, -0.05) is 16.8 Å². The molecule has 0 spiro atoms. The molecule has 2 unspecified atom stereocenters. The second kappa shape index (κ2) is 11.4. The predicted octanol–water partition coefficient (Wildman–Crippen LogP) is 2.44. The van der Waals surface area contributed by atoms with Gasteiger partial charge in [0.25, 0.3) is 5.91 Å². The van der Waals surface area contributed by atoms with Crippen LogP contribution >= 0.6 is 11.6 Å². The summed E-state index contributed by atoms with van der Waals surface area (Å²) in [6, 6.07) is 3.97. The SMILES string of the molecule is CO/N=C(/N)c1cc(F)c(CNC(=O)C2CCN2C(=O)C(O)c2cc(Cl)cc(OC(F)F)c2)cc1F. The summed E-state index contributed by atoms with van der Waals surface area (Å²) in [6.45, 7) is -3.41. The van der Waals surface area contributed by atoms with E-state index in [0.29, 0.717) is 0 Å². The van der Waals surface area contributed by atoms with Crippen LogP contribution in [0.5, 0.6) is 5.75 Å². The maximum atomic E-state index is 14.4. The average Bonchev–Trinajstić information content (AvgIpc) is 2.77. The molecule has 2 amide bonds. The largest absolute Gasteiger partial charge is 0.435 e. The van der Waals surface area contributed by atoms with Gasteiger partial charge in [0.15, 0.2) is 11.9 Å². The topological polar surface area (TPSA) is 126 Å². The monoisotopic (exact) mass is 532 g/mol. The van der Waals surface area contributed by atoms with E-state index in [1.54, 1.807) is 0 Å². The molecule has 0 aliphatic carbocycles. The van der Waals surface area contributed by atoms with Crippen molar-refractivity contribution < 1.29 is 41.8 Å². The first-order valence-corrected chi connectivity index (χ1v) is 10.8. The number of hydrogen-bond donors (Lipinski definition) is 3. The average molecular weight is 533 g/mol. The summed E-state index contributed by atoms with van der Waals surface area (Å²) < 4.78 is 57.9. The van der Waals surface area contributed by atoms with Gasteiger partial charge in [-0.3, -0.25) is 9.59 Å². The van der Waals surface area contributed by atoms with Crippen LogP contribution in [0.15, 0.2) is 35.5 Å². The third kappa shape index (κ3) is 6.15. The number of halogens is 5. The molecule has 2 aromatic rings. The molecule has 0 radical (unpaired) electrons. The third-order valence-electron chi connectivity index (χ3n) is 5.33. The Morgan fingerprint density at radius 3 is 2.58 bits per heavy atom. The van der Waals surface area contributed by atoms with Gasteiger partial charge in [-0.05, 0) is 42.3 Å². The van der Waals surface area contributed by atoms with Crippen LogP contribution in [0.1, 0.15) is 29.2 Å². The Bertz CT molecular complexity index is 1180. The highest BCUT2D eigenvalue weighted by Crippen LogP contribution is 2.29. The standard InChI is InChI=1S/C22H21ClF4N4O5/c1-35-30-19(28)14-8-15(24)11(6-16(14)25)9-29-20(33)17-2-3-31(17)21(34)18(32)10-4-12(23)7-13(5-10)36-22(26)27/h4-8,17-18,22,32H,2-3,9H2,1H3,(H2,28,30)(H,29,33). The minimum absolute atomic E-state index is 0.0524. The van der Waals surface area contributed by atoms with Crippen LogP contribution in [-0.4, -0.2) is 54.0 Å². The van der Waals surface area contributed by atoms with Gasteiger partial charge < -0.3 is 30.6 Å². The number of aliphatic hydroxyl groups is 1. The molecule has 0 aromatic heterocycles. The van der Waals surface area contributed by atoms with Gasteiger partial charge in [0.2, 0.25) is 5.91 Å². The van der Waals surface area contributed by atoms with Gasteiger partial charge in [-0.25, -0.2) is 8.78 Å². The molecular weight excluding hydrogens is 512 g/mol. The lowest BCUT2D eigenvalue weighted by atomic mass is 9.98. The number of nitrogens with two attached hydrogens (primary N) is 1. The zero-order valence-electron chi connectivity index (χ0n) is 18.7. The van der Waals surface area contributed by atoms with Crippen molar-refractivity contribution in [1.29, 1.82) is 0 Å². The number of nitrogens with one attached hydrogen (secondary N) is 1. The summed E-state index contributed by atoms with van der Waals surface area (Å²) in [5, 5.41) is 16.1. The number of ether oxygens (including phenoxy) is 1. The van der Waals surface area contributed by atoms with E-state index in [1.807, 2.05) is 0 Å². The minimum Gasteiger partial charge on any atom is -0.435 e. The Morgan fingerprint density at radius 1 is 1.25 bits per heavy atom. The van der Waals surface area contributed by atoms with E-state index >= 15 is 0 Å². The summed E-state index contributed by atoms with van der Waals surface area (Å²) in [5.74, 6) is -4.02. The first-order valence-electron chi connectivity index (χ1n) is 10.4. The Kier molecular flexibility index (Phi) is 8.58. The van der Waals surface area contributed by atoms with E-state index in [2.05, 4.69) is 20.0 Å². The van der Waals surface area contributed by atoms with Crippen molar-refractivity contribution in [2.75, 3.05) is 13.7 Å². The Morgan fingerprint density at radius 2 is 1.97 bits per heavy atom. The molecule has 194 valence electrons. The maximum Gasteiger partial charge on any atom is 0.387 e. The van der Waals surface area contributed by atoms with E-state index < -0.39 is 48.8 Å². The van der Waals surface area contributed by atoms with Crippen LogP contribution in [-0.2, 0) is 21.0 Å². The van der Waals surface area contributed by atoms with Gasteiger partial charge in [-0.15, -0.1) is 0 Å². The number of nitrogens with zero attached hydrogens (tertiary/aromatic N) is 2. The molecule has 1 fully saturated rings. The summed E-state index contributed by atoms with van der Waals surface area (Å²) in [4.78, 5) is 30.8. The molecule has 3 rings (SSSR count). The van der Waals surface area contributed by atoms with Gasteiger partial charge in [0.1, 0.15) is 30.5 Å². The zero-order valence-corrected chi connectivity index (χ0v) is 19.4. The third-order valence-corrected chi connectivity index (χ3v) is 5.55. The normalized spacial score (nSPS) is 16.4. The molecule has 9 nitrogen and oxygen atoms in total. The fourth-order valence-corrected chi connectivity index (χ4v) is 3.74. The summed E-state index contributed by atoms with van der Waals surface area (Å²) in [6.07, 6.45) is -1.56. The first kappa shape index (κ1) is 27.0. The molecule has 1 aliphatic heterocycles. The number of aliphatic hydroxyl groups excluding tert-OH is 1. The number of likely N-dealkylation sites (tertiary alicyclic amines) is 1. The van der Waals surface area contributed by atoms with Crippen molar-refractivity contribution in [3.8, 4) is 5.75 Å². The van der Waals surface area contributed by atoms with E-state index in [1.165, 1.54) is 13.2 Å². The molecule has 2 atom stereocenters. The van der Waals surface area contributed by atoms with Crippen molar-refractivity contribution in [1.82, 2.24) is 10.2 Å². The highest BCUT2D eigenvalue weighted by molar-refractivity contribution is 6.30. The lowest BCUT2D eigenvalue weighted by Crippen LogP contribution is -2.59. The number of rotatable bonds is 9. The molecule has 1 heterocycles. The zero-order chi connectivity index (χ0) is 26.6. The van der Waals surface area contributed by atoms with Gasteiger partial charge in [0, 0.05) is 23.7 Å². The van der Waals surface area contributed by atoms with Gasteiger partial charge in [0.05, 0.1) is 5.56 Å². The number of alkyl halides is 2. The molecule has 36 heavy (non-hydrogen) atoms. The van der Waals surface area contributed by atoms with Gasteiger partial charge in [-0.2, -0.15) is 8.78 Å². The van der Waals surface area contributed by atoms with Crippen LogP contribution < -0.4 is 15.8 Å². The number of amides is 2. The van der Waals surface area contributed by atoms with E-state index in [4.69, 9.17) is 17.3 Å². The number of amidine groups is 1. The lowest BCUT2D eigenvalue weighted by Gasteiger charge is -2.40. The quantitative estimate of drug-likeness (QED) is 0.197. The minimum atomic E-state index is -3.14. The second-order valence-corrected chi connectivity index (χ2v) is 8.07. The first-order chi connectivity index (χ1) is 17.0.